The van der Waals surface area contributed by atoms with E-state index in [2.05, 4.69) is 16.8 Å². The van der Waals surface area contributed by atoms with Gasteiger partial charge in [0.25, 0.3) is 5.91 Å². The molecule has 0 saturated heterocycles. The Morgan fingerprint density at radius 1 is 0.565 bits per heavy atom. The maximum Gasteiger partial charge on any atom is 0.256 e. The number of aromatic carboxylic acids is 1. The fourth-order valence-electron chi connectivity index (χ4n) is 4.81. The Morgan fingerprint density at radius 3 is 1.50 bits per heavy atom. The van der Waals surface area contributed by atoms with Crippen LogP contribution in [-0.4, -0.2) is 17.7 Å². The van der Waals surface area contributed by atoms with Crippen molar-refractivity contribution in [3.8, 4) is 0 Å². The first-order valence-corrected chi connectivity index (χ1v) is 14.7. The summed E-state index contributed by atoms with van der Waals surface area (Å²) >= 11 is 0. The van der Waals surface area contributed by atoms with Gasteiger partial charge in [-0.05, 0) is 65.9 Å². The van der Waals surface area contributed by atoms with Gasteiger partial charge in [0, 0.05) is 34.2 Å². The number of hydrogen-bond donors (Lipinski definition) is 3. The minimum atomic E-state index is -1.40. The topological polar surface area (TPSA) is 142 Å². The minimum Gasteiger partial charge on any atom is -0.545 e. The number of amides is 1. The van der Waals surface area contributed by atoms with E-state index < -0.39 is 5.97 Å². The molecule has 0 radical (unpaired) electrons. The predicted molar refractivity (Wildman–Crippen MR) is 180 cm³/mol. The molecule has 7 heteroatoms. The molecule has 0 aliphatic rings. The number of carboxylic acid groups (broad SMARTS) is 1. The molecule has 6 aromatic rings. The highest BCUT2D eigenvalue weighted by molar-refractivity contribution is 6.22. The molecule has 1 amide bonds. The van der Waals surface area contributed by atoms with E-state index >= 15 is 0 Å². The number of carboxylic acids is 1. The maximum atomic E-state index is 13.2. The van der Waals surface area contributed by atoms with Gasteiger partial charge in [0.1, 0.15) is 11.4 Å². The highest BCUT2D eigenvalue weighted by Crippen LogP contribution is 2.31. The maximum absolute atomic E-state index is 13.2. The number of nitrogens with one attached hydrogen (secondary N) is 1. The highest BCUT2D eigenvalue weighted by atomic mass is 16.4. The van der Waals surface area contributed by atoms with Crippen molar-refractivity contribution in [1.82, 2.24) is 0 Å². The SMILES string of the molecule is Cc1ccc(C(=O)Cc2ccccc2)c2c(C(=O)[O-])ccc(C(=O)Nc3ccccc3)c12.[NH3+]c1ccccc1.[NH3+]c1ccccc1. The van der Waals surface area contributed by atoms with Gasteiger partial charge in [-0.25, -0.2) is 0 Å². The Hall–Kier alpha value is -5.89. The molecule has 0 aliphatic carbocycles. The highest BCUT2D eigenvalue weighted by Gasteiger charge is 2.21. The molecule has 230 valence electrons. The zero-order valence-corrected chi connectivity index (χ0v) is 25.6. The Morgan fingerprint density at radius 2 is 1.02 bits per heavy atom. The molecule has 0 atom stereocenters. The molecular formula is C39H36N3O4+. The second kappa shape index (κ2) is 16.3. The number of benzene rings is 6. The molecule has 6 rings (SSSR count). The Labute approximate surface area is 268 Å². The number of aryl methyl sites for hydroxylation is 1. The van der Waals surface area contributed by atoms with Crippen molar-refractivity contribution in [3.63, 3.8) is 0 Å². The van der Waals surface area contributed by atoms with Gasteiger partial charge in [-0.15, -0.1) is 0 Å². The van der Waals surface area contributed by atoms with Gasteiger partial charge in [0.15, 0.2) is 5.78 Å². The third-order valence-electron chi connectivity index (χ3n) is 7.06. The van der Waals surface area contributed by atoms with E-state index in [1.807, 2.05) is 97.1 Å². The van der Waals surface area contributed by atoms with Crippen LogP contribution in [0.2, 0.25) is 0 Å². The summed E-state index contributed by atoms with van der Waals surface area (Å²) in [5.74, 6) is -2.02. The summed E-state index contributed by atoms with van der Waals surface area (Å²) in [6.07, 6.45) is 0.117. The summed E-state index contributed by atoms with van der Waals surface area (Å²) < 4.78 is 0. The third kappa shape index (κ3) is 9.06. The third-order valence-corrected chi connectivity index (χ3v) is 7.06. The van der Waals surface area contributed by atoms with Crippen molar-refractivity contribution in [1.29, 1.82) is 0 Å². The molecule has 7 nitrogen and oxygen atoms in total. The number of carbonyl (C=O) groups excluding carboxylic acids is 3. The molecule has 6 aromatic carbocycles. The lowest BCUT2D eigenvalue weighted by Gasteiger charge is -2.17. The molecule has 0 spiro atoms. The Kier molecular flexibility index (Phi) is 11.7. The lowest BCUT2D eigenvalue weighted by atomic mass is 9.89. The van der Waals surface area contributed by atoms with Gasteiger partial charge in [0.2, 0.25) is 0 Å². The normalized spacial score (nSPS) is 10.1. The molecule has 0 heterocycles. The summed E-state index contributed by atoms with van der Waals surface area (Å²) in [6, 6.07) is 44.1. The van der Waals surface area contributed by atoms with Crippen molar-refractivity contribution >= 4 is 45.5 Å². The van der Waals surface area contributed by atoms with Gasteiger partial charge in [-0.1, -0.05) is 103 Å². The van der Waals surface area contributed by atoms with Crippen molar-refractivity contribution in [3.05, 3.63) is 173 Å². The lowest BCUT2D eigenvalue weighted by molar-refractivity contribution is -0.255. The molecular weight excluding hydrogens is 574 g/mol. The smallest absolute Gasteiger partial charge is 0.256 e. The zero-order valence-electron chi connectivity index (χ0n) is 25.6. The number of ketones is 1. The summed E-state index contributed by atoms with van der Waals surface area (Å²) in [6.45, 7) is 1.78. The fourth-order valence-corrected chi connectivity index (χ4v) is 4.81. The molecule has 0 aromatic heterocycles. The summed E-state index contributed by atoms with van der Waals surface area (Å²) in [4.78, 5) is 38.2. The van der Waals surface area contributed by atoms with Gasteiger partial charge in [0.05, 0.1) is 5.97 Å². The quantitative estimate of drug-likeness (QED) is 0.220. The van der Waals surface area contributed by atoms with E-state index in [-0.39, 0.29) is 34.6 Å². The first kappa shape index (κ1) is 33.0. The van der Waals surface area contributed by atoms with Crippen LogP contribution >= 0.6 is 0 Å². The van der Waals surface area contributed by atoms with Crippen LogP contribution < -0.4 is 21.9 Å². The summed E-state index contributed by atoms with van der Waals surface area (Å²) in [5, 5.41) is 15.4. The molecule has 0 unspecified atom stereocenters. The first-order chi connectivity index (χ1) is 22.2. The number of hydrogen-bond acceptors (Lipinski definition) is 4. The lowest BCUT2D eigenvalue weighted by Crippen LogP contribution is -2.39. The van der Waals surface area contributed by atoms with Crippen molar-refractivity contribution in [2.75, 3.05) is 5.32 Å². The van der Waals surface area contributed by atoms with Crippen LogP contribution in [0.4, 0.5) is 17.1 Å². The van der Waals surface area contributed by atoms with Gasteiger partial charge >= 0.3 is 0 Å². The van der Waals surface area contributed by atoms with Crippen LogP contribution in [0.15, 0.2) is 146 Å². The first-order valence-electron chi connectivity index (χ1n) is 14.7. The summed E-state index contributed by atoms with van der Waals surface area (Å²) in [7, 11) is 0. The molecule has 0 saturated carbocycles. The van der Waals surface area contributed by atoms with E-state index in [4.69, 9.17) is 0 Å². The van der Waals surface area contributed by atoms with Crippen LogP contribution in [0.1, 0.15) is 42.2 Å². The largest absolute Gasteiger partial charge is 0.545 e. The number of quaternary nitrogens is 2. The zero-order chi connectivity index (χ0) is 32.9. The van der Waals surface area contributed by atoms with E-state index in [1.165, 1.54) is 12.1 Å². The van der Waals surface area contributed by atoms with Crippen LogP contribution in [0, 0.1) is 6.92 Å². The average molecular weight is 611 g/mol. The monoisotopic (exact) mass is 610 g/mol. The second-order valence-electron chi connectivity index (χ2n) is 10.5. The standard InChI is InChI=1S/C27H21NO4.2C6H7N/c1-17-12-13-20(23(29)16-18-8-4-2-5-9-18)25-22(27(31)32)15-14-21(24(17)25)26(30)28-19-10-6-3-7-11-19;2*7-6-4-2-1-3-5-6/h2-15H,16H2,1H3,(H,28,30)(H,31,32);2*1-5H,7H2/p+1. The number of anilines is 1. The number of para-hydroxylation sites is 1. The number of rotatable bonds is 6. The predicted octanol–water partition coefficient (Wildman–Crippen LogP) is 5.31. The molecule has 0 aliphatic heterocycles. The van der Waals surface area contributed by atoms with Crippen molar-refractivity contribution < 1.29 is 31.0 Å². The van der Waals surface area contributed by atoms with E-state index in [0.29, 0.717) is 22.2 Å². The van der Waals surface area contributed by atoms with Crippen LogP contribution in [0.5, 0.6) is 0 Å². The van der Waals surface area contributed by atoms with E-state index in [1.54, 1.807) is 43.3 Å². The molecule has 7 N–H and O–H groups in total. The molecule has 0 bridgehead atoms. The second-order valence-corrected chi connectivity index (χ2v) is 10.5. The van der Waals surface area contributed by atoms with Gasteiger partial charge < -0.3 is 26.7 Å². The minimum absolute atomic E-state index is 0.114. The summed E-state index contributed by atoms with van der Waals surface area (Å²) in [5.41, 5.74) is 12.1. The van der Waals surface area contributed by atoms with Gasteiger partial charge in [-0.3, -0.25) is 9.59 Å². The van der Waals surface area contributed by atoms with E-state index in [9.17, 15) is 19.5 Å². The van der Waals surface area contributed by atoms with Crippen LogP contribution in [0.3, 0.4) is 0 Å². The molecule has 46 heavy (non-hydrogen) atoms. The van der Waals surface area contributed by atoms with Crippen LogP contribution in [0.25, 0.3) is 10.8 Å². The fraction of sp³-hybridized carbons (Fsp3) is 0.0513. The number of fused-ring (bicyclic) bond motifs is 1. The number of carbonyl (C=O) groups is 3. The molecule has 0 fully saturated rings. The van der Waals surface area contributed by atoms with Gasteiger partial charge in [-0.2, -0.15) is 0 Å². The Bertz CT molecular complexity index is 1870. The van der Waals surface area contributed by atoms with E-state index in [0.717, 1.165) is 16.9 Å². The number of Topliss-reactive ketones (excluding diaryl/α,β-unsaturated/α-hetero) is 1. The van der Waals surface area contributed by atoms with Crippen molar-refractivity contribution in [2.24, 2.45) is 0 Å². The van der Waals surface area contributed by atoms with Crippen LogP contribution in [-0.2, 0) is 6.42 Å². The average Bonchev–Trinajstić information content (AvgIpc) is 3.06. The Balaban J connectivity index is 0.000000280. The van der Waals surface area contributed by atoms with Crippen molar-refractivity contribution in [2.45, 2.75) is 13.3 Å².